The van der Waals surface area contributed by atoms with Gasteiger partial charge in [0.25, 0.3) is 0 Å². The summed E-state index contributed by atoms with van der Waals surface area (Å²) < 4.78 is 32.9. The first-order valence-corrected chi connectivity index (χ1v) is 11.8. The van der Waals surface area contributed by atoms with Gasteiger partial charge in [-0.15, -0.1) is 0 Å². The van der Waals surface area contributed by atoms with Crippen LogP contribution in [0.25, 0.3) is 0 Å². The number of amides is 1. The molecule has 1 amide bonds. The lowest BCUT2D eigenvalue weighted by Gasteiger charge is -2.32. The summed E-state index contributed by atoms with van der Waals surface area (Å²) in [6, 6.07) is 6.33. The van der Waals surface area contributed by atoms with Gasteiger partial charge in [0.1, 0.15) is 11.4 Å². The third kappa shape index (κ3) is 6.77. The van der Waals surface area contributed by atoms with E-state index in [1.54, 1.807) is 27.7 Å². The minimum absolute atomic E-state index is 0.0169. The van der Waals surface area contributed by atoms with Gasteiger partial charge in [-0.05, 0) is 70.7 Å². The van der Waals surface area contributed by atoms with E-state index in [4.69, 9.17) is 4.74 Å². The Morgan fingerprint density at radius 3 is 2.42 bits per heavy atom. The number of rotatable bonds is 6. The molecule has 2 rings (SSSR count). The number of nitrogens with one attached hydrogen (secondary N) is 1. The summed E-state index contributed by atoms with van der Waals surface area (Å²) in [4.78, 5) is 23.7. The number of ketones is 1. The van der Waals surface area contributed by atoms with E-state index in [0.717, 1.165) is 0 Å². The maximum absolute atomic E-state index is 13.1. The summed E-state index contributed by atoms with van der Waals surface area (Å²) in [5.41, 5.74) is 0.321. The number of carbonyl (C=O) groups excluding carboxylic acids is 2. The molecule has 1 atom stereocenters. The van der Waals surface area contributed by atoms with Crippen LogP contribution in [0.2, 0.25) is 0 Å². The molecule has 0 radical (unpaired) electrons. The minimum Gasteiger partial charge on any atom is -0.444 e. The zero-order chi connectivity index (χ0) is 23.4. The van der Waals surface area contributed by atoms with Gasteiger partial charge in [-0.3, -0.25) is 4.79 Å². The normalized spacial score (nSPS) is 16.9. The molecular weight excluding hydrogens is 418 g/mol. The fourth-order valence-corrected chi connectivity index (χ4v) is 4.87. The van der Waals surface area contributed by atoms with Gasteiger partial charge in [-0.2, -0.15) is 9.57 Å². The van der Waals surface area contributed by atoms with Crippen LogP contribution in [0.4, 0.5) is 4.79 Å². The second-order valence-electron chi connectivity index (χ2n) is 8.97. The maximum atomic E-state index is 13.1. The molecule has 1 unspecified atom stereocenters. The average molecular weight is 450 g/mol. The van der Waals surface area contributed by atoms with Crippen molar-refractivity contribution in [1.82, 2.24) is 9.62 Å². The predicted octanol–water partition coefficient (Wildman–Crippen LogP) is 3.00. The molecule has 0 bridgehead atoms. The number of piperidine rings is 1. The Morgan fingerprint density at radius 1 is 1.29 bits per heavy atom. The summed E-state index contributed by atoms with van der Waals surface area (Å²) in [6.45, 7) is 9.12. The van der Waals surface area contributed by atoms with Crippen LogP contribution < -0.4 is 5.32 Å². The number of sulfonamides is 1. The van der Waals surface area contributed by atoms with Gasteiger partial charge in [0.05, 0.1) is 16.5 Å². The highest BCUT2D eigenvalue weighted by atomic mass is 32.2. The molecule has 8 nitrogen and oxygen atoms in total. The summed E-state index contributed by atoms with van der Waals surface area (Å²) >= 11 is 0. The molecule has 0 aliphatic carbocycles. The topological polar surface area (TPSA) is 117 Å². The summed E-state index contributed by atoms with van der Waals surface area (Å²) in [6.07, 6.45) is 0.750. The minimum atomic E-state index is -3.75. The van der Waals surface area contributed by atoms with Crippen molar-refractivity contribution in [2.24, 2.45) is 5.92 Å². The van der Waals surface area contributed by atoms with Crippen molar-refractivity contribution in [3.05, 3.63) is 29.3 Å². The molecule has 1 aromatic carbocycles. The van der Waals surface area contributed by atoms with Crippen LogP contribution in [0.1, 0.15) is 58.6 Å². The molecule has 0 spiro atoms. The zero-order valence-corrected chi connectivity index (χ0v) is 19.6. The summed E-state index contributed by atoms with van der Waals surface area (Å²) in [7, 11) is -3.75. The van der Waals surface area contributed by atoms with Crippen molar-refractivity contribution in [2.45, 2.75) is 70.4 Å². The smallest absolute Gasteiger partial charge is 0.407 e. The third-order valence-electron chi connectivity index (χ3n) is 5.23. The van der Waals surface area contributed by atoms with Crippen molar-refractivity contribution < 1.29 is 22.7 Å². The standard InChI is InChI=1S/C22H31N3O5S/c1-15(16(2)26)12-18-13-20(7-6-17(18)14-23)31(28,29)25-10-8-19(9-11-25)24-21(27)30-22(3,4)5/h6-7,13,15,19H,8-12H2,1-5H3,(H,24,27). The largest absolute Gasteiger partial charge is 0.444 e. The predicted molar refractivity (Wildman–Crippen MR) is 116 cm³/mol. The van der Waals surface area contributed by atoms with Crippen molar-refractivity contribution >= 4 is 21.9 Å². The molecule has 1 aliphatic heterocycles. The number of ether oxygens (including phenoxy) is 1. The van der Waals surface area contributed by atoms with Crippen molar-refractivity contribution in [3.8, 4) is 6.07 Å². The molecule has 1 aromatic rings. The number of benzene rings is 1. The van der Waals surface area contributed by atoms with E-state index >= 15 is 0 Å². The van der Waals surface area contributed by atoms with Crippen molar-refractivity contribution in [1.29, 1.82) is 5.26 Å². The van der Waals surface area contributed by atoms with Crippen LogP contribution in [0.3, 0.4) is 0 Å². The quantitative estimate of drug-likeness (QED) is 0.713. The molecule has 170 valence electrons. The van der Waals surface area contributed by atoms with E-state index in [1.807, 2.05) is 0 Å². The number of hydrogen-bond acceptors (Lipinski definition) is 6. The van der Waals surface area contributed by atoms with Crippen LogP contribution in [0, 0.1) is 17.2 Å². The fourth-order valence-electron chi connectivity index (χ4n) is 3.35. The highest BCUT2D eigenvalue weighted by Gasteiger charge is 2.31. The molecule has 1 N–H and O–H groups in total. The van der Waals surface area contributed by atoms with Crippen LogP contribution in [0.5, 0.6) is 0 Å². The zero-order valence-electron chi connectivity index (χ0n) is 18.8. The first-order valence-electron chi connectivity index (χ1n) is 10.4. The van der Waals surface area contributed by atoms with Gasteiger partial charge >= 0.3 is 6.09 Å². The van der Waals surface area contributed by atoms with E-state index in [1.165, 1.54) is 29.4 Å². The van der Waals surface area contributed by atoms with Crippen LogP contribution >= 0.6 is 0 Å². The Labute approximate surface area is 184 Å². The first-order chi connectivity index (χ1) is 14.3. The molecule has 0 saturated carbocycles. The molecule has 1 saturated heterocycles. The highest BCUT2D eigenvalue weighted by molar-refractivity contribution is 7.89. The number of carbonyl (C=O) groups is 2. The van der Waals surface area contributed by atoms with Crippen molar-refractivity contribution in [2.75, 3.05) is 13.1 Å². The molecule has 1 aliphatic rings. The van der Waals surface area contributed by atoms with E-state index in [2.05, 4.69) is 11.4 Å². The Hall–Kier alpha value is -2.44. The second-order valence-corrected chi connectivity index (χ2v) is 10.9. The molecule has 1 fully saturated rings. The van der Waals surface area contributed by atoms with E-state index < -0.39 is 21.7 Å². The van der Waals surface area contributed by atoms with Crippen LogP contribution in [-0.4, -0.2) is 49.3 Å². The first kappa shape index (κ1) is 24.8. The van der Waals surface area contributed by atoms with Gasteiger partial charge in [-0.1, -0.05) is 6.92 Å². The van der Waals surface area contributed by atoms with E-state index in [-0.39, 0.29) is 35.7 Å². The number of alkyl carbamates (subject to hydrolysis) is 1. The van der Waals surface area contributed by atoms with E-state index in [9.17, 15) is 23.3 Å². The second kappa shape index (κ2) is 9.79. The van der Waals surface area contributed by atoms with Gasteiger partial charge in [0.2, 0.25) is 10.0 Å². The summed E-state index contributed by atoms with van der Waals surface area (Å²) in [5.74, 6) is -0.323. The fraction of sp³-hybridized carbons (Fsp3) is 0.591. The SMILES string of the molecule is CC(=O)C(C)Cc1cc(S(=O)(=O)N2CCC(NC(=O)OC(C)(C)C)CC2)ccc1C#N. The number of hydrogen-bond donors (Lipinski definition) is 1. The monoisotopic (exact) mass is 449 g/mol. The van der Waals surface area contributed by atoms with Crippen LogP contribution in [-0.2, 0) is 26.0 Å². The summed E-state index contributed by atoms with van der Waals surface area (Å²) in [5, 5.41) is 12.1. The molecular formula is C22H31N3O5S. The molecule has 9 heteroatoms. The average Bonchev–Trinajstić information content (AvgIpc) is 2.66. The lowest BCUT2D eigenvalue weighted by Crippen LogP contribution is -2.47. The van der Waals surface area contributed by atoms with Gasteiger partial charge in [0.15, 0.2) is 0 Å². The number of nitriles is 1. The number of Topliss-reactive ketones (excluding diaryl/α,β-unsaturated/α-hetero) is 1. The molecule has 1 heterocycles. The Bertz CT molecular complexity index is 968. The van der Waals surface area contributed by atoms with Gasteiger partial charge in [-0.25, -0.2) is 13.2 Å². The maximum Gasteiger partial charge on any atom is 0.407 e. The molecule has 0 aromatic heterocycles. The lowest BCUT2D eigenvalue weighted by atomic mass is 9.95. The van der Waals surface area contributed by atoms with Gasteiger partial charge < -0.3 is 10.1 Å². The third-order valence-corrected chi connectivity index (χ3v) is 7.12. The Balaban J connectivity index is 2.10. The molecule has 31 heavy (non-hydrogen) atoms. The Morgan fingerprint density at radius 2 is 1.90 bits per heavy atom. The van der Waals surface area contributed by atoms with Crippen molar-refractivity contribution in [3.63, 3.8) is 0 Å². The number of nitrogens with zero attached hydrogens (tertiary/aromatic N) is 2. The highest BCUT2D eigenvalue weighted by Crippen LogP contribution is 2.25. The van der Waals surface area contributed by atoms with Gasteiger partial charge in [0, 0.05) is 25.0 Å². The van der Waals surface area contributed by atoms with E-state index in [0.29, 0.717) is 30.4 Å². The lowest BCUT2D eigenvalue weighted by molar-refractivity contribution is -0.120. The van der Waals surface area contributed by atoms with Crippen LogP contribution in [0.15, 0.2) is 23.1 Å². The Kier molecular flexibility index (Phi) is 7.84.